The maximum absolute atomic E-state index is 6.03. The third kappa shape index (κ3) is 7.06. The van der Waals surface area contributed by atoms with Crippen molar-refractivity contribution in [1.82, 2.24) is 10.6 Å². The zero-order chi connectivity index (χ0) is 18.9. The molecule has 2 N–H and O–H groups in total. The average Bonchev–Trinajstić information content (AvgIpc) is 3.41. The molecule has 1 aliphatic carbocycles. The molecule has 2 heterocycles. The topological polar surface area (TPSA) is 48.9 Å². The summed E-state index contributed by atoms with van der Waals surface area (Å²) in [6, 6.07) is 4.86. The molecule has 0 bridgehead atoms. The van der Waals surface area contributed by atoms with Crippen LogP contribution >= 0.6 is 35.3 Å². The van der Waals surface area contributed by atoms with Gasteiger partial charge in [-0.1, -0.05) is 12.8 Å². The van der Waals surface area contributed by atoms with Gasteiger partial charge in [0.15, 0.2) is 5.96 Å². The summed E-state index contributed by atoms with van der Waals surface area (Å²) in [5.41, 5.74) is 0. The Morgan fingerprint density at radius 2 is 2.04 bits per heavy atom. The number of anilines is 1. The molecule has 0 amide bonds. The molecule has 1 aromatic rings. The molecule has 1 saturated heterocycles. The van der Waals surface area contributed by atoms with Gasteiger partial charge in [0, 0.05) is 39.3 Å². The molecule has 1 aliphatic heterocycles. The molecule has 1 atom stereocenters. The molecule has 0 radical (unpaired) electrons. The first-order valence-electron chi connectivity index (χ1n) is 10.7. The van der Waals surface area contributed by atoms with E-state index < -0.39 is 0 Å². The summed E-state index contributed by atoms with van der Waals surface area (Å²) in [5.74, 6) is 1.69. The monoisotopic (exact) mass is 520 g/mol. The van der Waals surface area contributed by atoms with Gasteiger partial charge >= 0.3 is 0 Å². The van der Waals surface area contributed by atoms with Crippen LogP contribution in [0.5, 0.6) is 0 Å². The lowest BCUT2D eigenvalue weighted by Crippen LogP contribution is -2.49. The van der Waals surface area contributed by atoms with E-state index >= 15 is 0 Å². The number of halogens is 1. The van der Waals surface area contributed by atoms with Crippen LogP contribution in [0.25, 0.3) is 0 Å². The predicted molar refractivity (Wildman–Crippen MR) is 131 cm³/mol. The quantitative estimate of drug-likeness (QED) is 0.302. The molecule has 2 aliphatic rings. The second kappa shape index (κ2) is 12.9. The molecular weight excluding hydrogens is 483 g/mol. The lowest BCUT2D eigenvalue weighted by atomic mass is 9.98. The highest BCUT2D eigenvalue weighted by atomic mass is 127. The minimum atomic E-state index is 0. The van der Waals surface area contributed by atoms with Crippen LogP contribution in [0.15, 0.2) is 22.5 Å². The van der Waals surface area contributed by atoms with Crippen molar-refractivity contribution in [3.8, 4) is 0 Å². The minimum absolute atomic E-state index is 0. The second-order valence-corrected chi connectivity index (χ2v) is 8.61. The second-order valence-electron chi connectivity index (χ2n) is 7.68. The molecule has 1 aromatic heterocycles. The van der Waals surface area contributed by atoms with Crippen molar-refractivity contribution in [2.24, 2.45) is 10.9 Å². The first kappa shape index (κ1) is 23.7. The number of nitrogens with zero attached hydrogens (tertiary/aromatic N) is 2. The van der Waals surface area contributed by atoms with E-state index in [4.69, 9.17) is 4.74 Å². The molecule has 7 heteroatoms. The Balaban J connectivity index is 0.00000280. The number of hydrogen-bond donors (Lipinski definition) is 2. The van der Waals surface area contributed by atoms with Gasteiger partial charge in [-0.2, -0.15) is 0 Å². The third-order valence-corrected chi connectivity index (χ3v) is 6.83. The number of thiophene rings is 1. The van der Waals surface area contributed by atoms with Crippen molar-refractivity contribution in [1.29, 1.82) is 0 Å². The highest BCUT2D eigenvalue weighted by molar-refractivity contribution is 14.0. The summed E-state index contributed by atoms with van der Waals surface area (Å²) >= 11 is 1.83. The molecule has 28 heavy (non-hydrogen) atoms. The Labute approximate surface area is 191 Å². The summed E-state index contributed by atoms with van der Waals surface area (Å²) in [6.07, 6.45) is 9.18. The first-order chi connectivity index (χ1) is 13.3. The number of guanidine groups is 1. The molecule has 0 aromatic carbocycles. The van der Waals surface area contributed by atoms with Crippen LogP contribution in [0, 0.1) is 5.92 Å². The van der Waals surface area contributed by atoms with Crippen LogP contribution in [0.3, 0.4) is 0 Å². The molecule has 0 spiro atoms. The Morgan fingerprint density at radius 1 is 1.29 bits per heavy atom. The normalized spacial score (nSPS) is 20.1. The molecule has 1 saturated carbocycles. The fourth-order valence-electron chi connectivity index (χ4n) is 4.41. The van der Waals surface area contributed by atoms with Crippen LogP contribution in [0.2, 0.25) is 0 Å². The smallest absolute Gasteiger partial charge is 0.191 e. The van der Waals surface area contributed by atoms with Gasteiger partial charge in [-0.3, -0.25) is 4.99 Å². The van der Waals surface area contributed by atoms with Crippen LogP contribution < -0.4 is 15.5 Å². The largest absolute Gasteiger partial charge is 0.378 e. The number of rotatable bonds is 8. The molecule has 5 nitrogen and oxygen atoms in total. The number of piperidine rings is 1. The van der Waals surface area contributed by atoms with Crippen molar-refractivity contribution >= 4 is 46.3 Å². The van der Waals surface area contributed by atoms with Crippen LogP contribution in [0.4, 0.5) is 5.00 Å². The highest BCUT2D eigenvalue weighted by Crippen LogP contribution is 2.30. The zero-order valence-electron chi connectivity index (χ0n) is 17.4. The van der Waals surface area contributed by atoms with E-state index in [1.54, 1.807) is 0 Å². The Kier molecular flexibility index (Phi) is 10.9. The Hall–Kier alpha value is -0.540. The lowest BCUT2D eigenvalue weighted by molar-refractivity contribution is 0.0169. The van der Waals surface area contributed by atoms with Crippen LogP contribution in [0.1, 0.15) is 51.9 Å². The number of nitrogens with one attached hydrogen (secondary N) is 2. The minimum Gasteiger partial charge on any atom is -0.378 e. The van der Waals surface area contributed by atoms with Gasteiger partial charge in [0.05, 0.1) is 11.1 Å². The fraction of sp³-hybridized carbons (Fsp3) is 0.762. The number of aliphatic imine (C=N–C) groups is 1. The number of ether oxygens (including phenoxy) is 1. The van der Waals surface area contributed by atoms with E-state index in [9.17, 15) is 0 Å². The van der Waals surface area contributed by atoms with Crippen molar-refractivity contribution in [2.45, 2.75) is 64.0 Å². The van der Waals surface area contributed by atoms with Gasteiger partial charge in [-0.05, 0) is 62.5 Å². The standard InChI is InChI=1S/C21H36N4OS.HI/c1-3-26-19(17-7-4-5-8-17)10-13-23-21(22-2)24-18-11-14-25(15-12-18)20-9-6-16-27-20;/h6,9,16-19H,3-5,7-8,10-15H2,1-2H3,(H2,22,23,24);1H. The van der Waals surface area contributed by atoms with Crippen molar-refractivity contribution in [2.75, 3.05) is 38.2 Å². The summed E-state index contributed by atoms with van der Waals surface area (Å²) in [5, 5.41) is 10.7. The molecular formula is C21H37IN4OS. The average molecular weight is 521 g/mol. The van der Waals surface area contributed by atoms with Crippen molar-refractivity contribution in [3.05, 3.63) is 17.5 Å². The third-order valence-electron chi connectivity index (χ3n) is 5.90. The Morgan fingerprint density at radius 3 is 2.64 bits per heavy atom. The van der Waals surface area contributed by atoms with E-state index in [2.05, 4.69) is 45.0 Å². The van der Waals surface area contributed by atoms with Crippen molar-refractivity contribution in [3.63, 3.8) is 0 Å². The lowest BCUT2D eigenvalue weighted by Gasteiger charge is -2.33. The molecule has 1 unspecified atom stereocenters. The summed E-state index contributed by atoms with van der Waals surface area (Å²) in [7, 11) is 1.87. The predicted octanol–water partition coefficient (Wildman–Crippen LogP) is 4.49. The van der Waals surface area contributed by atoms with E-state index in [0.717, 1.165) is 57.4 Å². The summed E-state index contributed by atoms with van der Waals surface area (Å²) < 4.78 is 6.03. The van der Waals surface area contributed by atoms with Gasteiger partial charge in [-0.25, -0.2) is 0 Å². The van der Waals surface area contributed by atoms with Gasteiger partial charge in [-0.15, -0.1) is 35.3 Å². The van der Waals surface area contributed by atoms with Crippen LogP contribution in [-0.2, 0) is 4.74 Å². The van der Waals surface area contributed by atoms with Gasteiger partial charge in [0.2, 0.25) is 0 Å². The summed E-state index contributed by atoms with van der Waals surface area (Å²) in [6.45, 7) is 6.08. The Bertz CT molecular complexity index is 555. The SMILES string of the molecule is CCOC(CCNC(=NC)NC1CCN(c2cccs2)CC1)C1CCCC1.I. The van der Waals surface area contributed by atoms with Gasteiger partial charge in [0.25, 0.3) is 0 Å². The van der Waals surface area contributed by atoms with Crippen molar-refractivity contribution < 1.29 is 4.74 Å². The maximum Gasteiger partial charge on any atom is 0.191 e. The molecule has 2 fully saturated rings. The molecule has 3 rings (SSSR count). The number of hydrogen-bond acceptors (Lipinski definition) is 4. The van der Waals surface area contributed by atoms with E-state index in [0.29, 0.717) is 12.1 Å². The van der Waals surface area contributed by atoms with Crippen LogP contribution in [-0.4, -0.2) is 51.4 Å². The van der Waals surface area contributed by atoms with E-state index in [-0.39, 0.29) is 24.0 Å². The fourth-order valence-corrected chi connectivity index (χ4v) is 5.20. The van der Waals surface area contributed by atoms with Gasteiger partial charge in [0.1, 0.15) is 0 Å². The highest BCUT2D eigenvalue weighted by Gasteiger charge is 2.25. The molecule has 160 valence electrons. The maximum atomic E-state index is 6.03. The van der Waals surface area contributed by atoms with Gasteiger partial charge < -0.3 is 20.3 Å². The zero-order valence-corrected chi connectivity index (χ0v) is 20.5. The first-order valence-corrected chi connectivity index (χ1v) is 11.5. The summed E-state index contributed by atoms with van der Waals surface area (Å²) in [4.78, 5) is 6.93. The van der Waals surface area contributed by atoms with E-state index in [1.165, 1.54) is 30.7 Å². The van der Waals surface area contributed by atoms with E-state index in [1.807, 2.05) is 18.4 Å².